The van der Waals surface area contributed by atoms with Gasteiger partial charge < -0.3 is 0 Å². The van der Waals surface area contributed by atoms with Gasteiger partial charge in [-0.3, -0.25) is 0 Å². The van der Waals surface area contributed by atoms with Crippen molar-refractivity contribution in [3.8, 4) is 0 Å². The van der Waals surface area contributed by atoms with E-state index >= 15 is 0 Å². The summed E-state index contributed by atoms with van der Waals surface area (Å²) in [6.07, 6.45) is 2.06. The molecule has 0 bridgehead atoms. The van der Waals surface area contributed by atoms with E-state index in [2.05, 4.69) is 15.9 Å². The van der Waals surface area contributed by atoms with Crippen molar-refractivity contribution >= 4 is 39.1 Å². The molecule has 0 aliphatic carbocycles. The van der Waals surface area contributed by atoms with Crippen LogP contribution in [0.1, 0.15) is 12.0 Å². The lowest BCUT2D eigenvalue weighted by Crippen LogP contribution is -1.87. The van der Waals surface area contributed by atoms with Gasteiger partial charge in [0.15, 0.2) is 0 Å². The van der Waals surface area contributed by atoms with Crippen LogP contribution in [0.2, 0.25) is 10.0 Å². The van der Waals surface area contributed by atoms with Crippen molar-refractivity contribution in [2.24, 2.45) is 0 Å². The highest BCUT2D eigenvalue weighted by Crippen LogP contribution is 2.26. The van der Waals surface area contributed by atoms with E-state index in [4.69, 9.17) is 23.2 Å². The first kappa shape index (κ1) is 10.4. The van der Waals surface area contributed by atoms with Gasteiger partial charge in [0.1, 0.15) is 0 Å². The minimum absolute atomic E-state index is 0.642. The minimum atomic E-state index is 0.642. The van der Waals surface area contributed by atoms with Crippen LogP contribution in [0.25, 0.3) is 0 Å². The molecule has 0 N–H and O–H groups in total. The van der Waals surface area contributed by atoms with Crippen LogP contribution in [0.5, 0.6) is 0 Å². The molecule has 0 nitrogen and oxygen atoms in total. The highest BCUT2D eigenvalue weighted by atomic mass is 79.9. The first-order valence-corrected chi connectivity index (χ1v) is 5.62. The number of halogens is 3. The fourth-order valence-electron chi connectivity index (χ4n) is 0.999. The van der Waals surface area contributed by atoms with Gasteiger partial charge in [-0.05, 0) is 24.5 Å². The van der Waals surface area contributed by atoms with Gasteiger partial charge in [0.2, 0.25) is 0 Å². The standard InChI is InChI=1S/C9H9BrCl2/c10-6-2-4-7-3-1-5-8(11)9(7)12/h1,3,5H,2,4,6H2. The zero-order valence-electron chi connectivity index (χ0n) is 6.49. The van der Waals surface area contributed by atoms with E-state index in [1.54, 1.807) is 0 Å². The van der Waals surface area contributed by atoms with Gasteiger partial charge in [0, 0.05) is 5.33 Å². The zero-order valence-corrected chi connectivity index (χ0v) is 9.59. The van der Waals surface area contributed by atoms with E-state index < -0.39 is 0 Å². The summed E-state index contributed by atoms with van der Waals surface area (Å²) in [5, 5.41) is 2.33. The molecule has 0 atom stereocenters. The quantitative estimate of drug-likeness (QED) is 0.716. The van der Waals surface area contributed by atoms with Gasteiger partial charge in [0.05, 0.1) is 10.0 Å². The van der Waals surface area contributed by atoms with Gasteiger partial charge >= 0.3 is 0 Å². The Bertz CT molecular complexity index is 261. The first-order chi connectivity index (χ1) is 5.75. The fourth-order valence-corrected chi connectivity index (χ4v) is 1.69. The molecule has 0 saturated carbocycles. The van der Waals surface area contributed by atoms with Crippen LogP contribution >= 0.6 is 39.1 Å². The summed E-state index contributed by atoms with van der Waals surface area (Å²) >= 11 is 15.2. The Morgan fingerprint density at radius 2 is 2.00 bits per heavy atom. The molecule has 0 radical (unpaired) electrons. The average Bonchev–Trinajstić information content (AvgIpc) is 2.08. The summed E-state index contributed by atoms with van der Waals surface area (Å²) in [4.78, 5) is 0. The molecule has 12 heavy (non-hydrogen) atoms. The third-order valence-corrected chi connectivity index (χ3v) is 3.03. The van der Waals surface area contributed by atoms with E-state index in [1.807, 2.05) is 18.2 Å². The summed E-state index contributed by atoms with van der Waals surface area (Å²) in [5.74, 6) is 0. The van der Waals surface area contributed by atoms with Gasteiger partial charge in [0.25, 0.3) is 0 Å². The molecule has 0 aliphatic rings. The van der Waals surface area contributed by atoms with Crippen molar-refractivity contribution in [1.29, 1.82) is 0 Å². The minimum Gasteiger partial charge on any atom is -0.0928 e. The Hall–Kier alpha value is 0.280. The van der Waals surface area contributed by atoms with E-state index in [0.29, 0.717) is 10.0 Å². The lowest BCUT2D eigenvalue weighted by atomic mass is 10.1. The fraction of sp³-hybridized carbons (Fsp3) is 0.333. The van der Waals surface area contributed by atoms with Crippen molar-refractivity contribution in [3.05, 3.63) is 33.8 Å². The molecular formula is C9H9BrCl2. The molecule has 1 aromatic rings. The van der Waals surface area contributed by atoms with Crippen LogP contribution in [-0.2, 0) is 6.42 Å². The van der Waals surface area contributed by atoms with E-state index in [9.17, 15) is 0 Å². The topological polar surface area (TPSA) is 0 Å². The predicted octanol–water partition coefficient (Wildman–Crippen LogP) is 4.32. The average molecular weight is 268 g/mol. The Kier molecular flexibility index (Phi) is 4.41. The second-order valence-corrected chi connectivity index (χ2v) is 4.08. The number of rotatable bonds is 3. The molecule has 0 spiro atoms. The van der Waals surface area contributed by atoms with Gasteiger partial charge in [-0.15, -0.1) is 0 Å². The Balaban J connectivity index is 2.78. The maximum atomic E-state index is 5.98. The maximum absolute atomic E-state index is 5.98. The molecule has 0 aliphatic heterocycles. The van der Waals surface area contributed by atoms with Crippen molar-refractivity contribution in [2.45, 2.75) is 12.8 Å². The maximum Gasteiger partial charge on any atom is 0.0624 e. The van der Waals surface area contributed by atoms with Crippen molar-refractivity contribution < 1.29 is 0 Å². The van der Waals surface area contributed by atoms with Crippen LogP contribution in [0.15, 0.2) is 18.2 Å². The number of hydrogen-bond donors (Lipinski definition) is 0. The monoisotopic (exact) mass is 266 g/mol. The first-order valence-electron chi connectivity index (χ1n) is 3.74. The number of alkyl halides is 1. The third-order valence-electron chi connectivity index (χ3n) is 1.61. The Labute approximate surface area is 91.0 Å². The molecular weight excluding hydrogens is 259 g/mol. The van der Waals surface area contributed by atoms with Crippen LogP contribution in [0.4, 0.5) is 0 Å². The second-order valence-electron chi connectivity index (χ2n) is 2.51. The summed E-state index contributed by atoms with van der Waals surface area (Å²) in [6.45, 7) is 0. The van der Waals surface area contributed by atoms with Crippen molar-refractivity contribution in [1.82, 2.24) is 0 Å². The molecule has 0 fully saturated rings. The Morgan fingerprint density at radius 3 is 2.67 bits per heavy atom. The molecule has 0 aromatic heterocycles. The summed E-state index contributed by atoms with van der Waals surface area (Å²) < 4.78 is 0. The normalized spacial score (nSPS) is 10.2. The largest absolute Gasteiger partial charge is 0.0928 e. The SMILES string of the molecule is Clc1cccc(CCCBr)c1Cl. The molecule has 0 saturated heterocycles. The van der Waals surface area contributed by atoms with Gasteiger partial charge in [-0.1, -0.05) is 51.3 Å². The van der Waals surface area contributed by atoms with E-state index in [1.165, 1.54) is 0 Å². The van der Waals surface area contributed by atoms with Crippen LogP contribution in [-0.4, -0.2) is 5.33 Å². The van der Waals surface area contributed by atoms with Crippen LogP contribution in [0.3, 0.4) is 0 Å². The molecule has 0 unspecified atom stereocenters. The third kappa shape index (κ3) is 2.65. The smallest absolute Gasteiger partial charge is 0.0624 e. The molecule has 0 amide bonds. The van der Waals surface area contributed by atoms with Crippen molar-refractivity contribution in [3.63, 3.8) is 0 Å². The van der Waals surface area contributed by atoms with Gasteiger partial charge in [-0.25, -0.2) is 0 Å². The van der Waals surface area contributed by atoms with Crippen molar-refractivity contribution in [2.75, 3.05) is 5.33 Å². The predicted molar refractivity (Wildman–Crippen MR) is 58.6 cm³/mol. The van der Waals surface area contributed by atoms with E-state index in [-0.39, 0.29) is 0 Å². The molecule has 1 rings (SSSR count). The lowest BCUT2D eigenvalue weighted by molar-refractivity contribution is 0.940. The van der Waals surface area contributed by atoms with Gasteiger partial charge in [-0.2, -0.15) is 0 Å². The lowest BCUT2D eigenvalue weighted by Gasteiger charge is -2.03. The van der Waals surface area contributed by atoms with Crippen LogP contribution < -0.4 is 0 Å². The van der Waals surface area contributed by atoms with E-state index in [0.717, 1.165) is 23.7 Å². The molecule has 3 heteroatoms. The molecule has 66 valence electrons. The second kappa shape index (κ2) is 5.11. The Morgan fingerprint density at radius 1 is 1.25 bits per heavy atom. The van der Waals surface area contributed by atoms with Crippen LogP contribution in [0, 0.1) is 0 Å². The molecule has 1 aromatic carbocycles. The summed E-state index contributed by atoms with van der Waals surface area (Å²) in [7, 11) is 0. The number of aryl methyl sites for hydroxylation is 1. The number of hydrogen-bond acceptors (Lipinski definition) is 0. The summed E-state index contributed by atoms with van der Waals surface area (Å²) in [5.41, 5.74) is 1.13. The highest BCUT2D eigenvalue weighted by molar-refractivity contribution is 9.09. The molecule has 0 heterocycles. The number of benzene rings is 1. The highest BCUT2D eigenvalue weighted by Gasteiger charge is 2.02. The zero-order chi connectivity index (χ0) is 8.97. The summed E-state index contributed by atoms with van der Waals surface area (Å²) in [6, 6.07) is 5.75.